The Morgan fingerprint density at radius 3 is 2.91 bits per heavy atom. The van der Waals surface area contributed by atoms with Crippen LogP contribution in [0.15, 0.2) is 12.3 Å². The molecule has 8 heteroatoms. The van der Waals surface area contributed by atoms with Crippen LogP contribution in [0, 0.1) is 11.8 Å². The van der Waals surface area contributed by atoms with Crippen molar-refractivity contribution in [1.29, 1.82) is 0 Å². The third-order valence-electron chi connectivity index (χ3n) is 4.36. The van der Waals surface area contributed by atoms with E-state index in [2.05, 4.69) is 10.3 Å². The molecule has 22 heavy (non-hydrogen) atoms. The predicted molar refractivity (Wildman–Crippen MR) is 74.9 cm³/mol. The van der Waals surface area contributed by atoms with Crippen molar-refractivity contribution in [3.05, 3.63) is 22.8 Å². The van der Waals surface area contributed by atoms with E-state index in [-0.39, 0.29) is 28.9 Å². The number of anilines is 1. The standard InChI is InChI=1S/C14H16ClF3N2O2/c1-21-6-9-11(8-2-3-22-12(8)9)20-13-10(15)4-7(5-19-13)14(16,17)18/h4-5,8-9,11-12H,2-3,6H2,1H3,(H,19,20)/t8-,9+,11+,12-/m0/s1. The number of alkyl halides is 3. The molecule has 1 saturated carbocycles. The van der Waals surface area contributed by atoms with E-state index in [1.54, 1.807) is 7.11 Å². The van der Waals surface area contributed by atoms with Crippen LogP contribution in [0.3, 0.4) is 0 Å². The topological polar surface area (TPSA) is 43.4 Å². The lowest BCUT2D eigenvalue weighted by molar-refractivity contribution is -0.137. The van der Waals surface area contributed by atoms with Gasteiger partial charge in [0.1, 0.15) is 5.82 Å². The summed E-state index contributed by atoms with van der Waals surface area (Å²) in [6.07, 6.45) is -2.60. The van der Waals surface area contributed by atoms with E-state index in [0.717, 1.165) is 18.7 Å². The average molecular weight is 337 g/mol. The summed E-state index contributed by atoms with van der Waals surface area (Å²) in [5.41, 5.74) is -0.854. The first-order chi connectivity index (χ1) is 10.4. The van der Waals surface area contributed by atoms with Crippen molar-refractivity contribution in [2.24, 2.45) is 11.8 Å². The summed E-state index contributed by atoms with van der Waals surface area (Å²) in [5.74, 6) is 0.740. The van der Waals surface area contributed by atoms with Gasteiger partial charge >= 0.3 is 6.18 Å². The van der Waals surface area contributed by atoms with Gasteiger partial charge in [-0.2, -0.15) is 13.2 Å². The lowest BCUT2D eigenvalue weighted by Gasteiger charge is -2.47. The van der Waals surface area contributed by atoms with Crippen LogP contribution < -0.4 is 5.32 Å². The molecule has 2 heterocycles. The van der Waals surface area contributed by atoms with E-state index in [1.165, 1.54) is 0 Å². The van der Waals surface area contributed by atoms with Crippen LogP contribution in [0.4, 0.5) is 19.0 Å². The Morgan fingerprint density at radius 2 is 2.27 bits per heavy atom. The normalized spacial score (nSPS) is 30.8. The summed E-state index contributed by atoms with van der Waals surface area (Å²) in [6, 6.07) is 0.943. The fourth-order valence-corrected chi connectivity index (χ4v) is 3.51. The third kappa shape index (κ3) is 2.77. The number of nitrogens with one attached hydrogen (secondary N) is 1. The Kier molecular flexibility index (Phi) is 4.22. The molecule has 2 fully saturated rings. The van der Waals surface area contributed by atoms with E-state index in [4.69, 9.17) is 21.1 Å². The molecule has 3 rings (SSSR count). The summed E-state index contributed by atoms with van der Waals surface area (Å²) in [7, 11) is 1.61. The Hall–Kier alpha value is -1.05. The number of nitrogens with zero attached hydrogens (tertiary/aromatic N) is 1. The van der Waals surface area contributed by atoms with Crippen LogP contribution in [0.1, 0.15) is 12.0 Å². The molecule has 0 aromatic carbocycles. The van der Waals surface area contributed by atoms with Gasteiger partial charge in [-0.1, -0.05) is 11.6 Å². The smallest absolute Gasteiger partial charge is 0.384 e. The maximum Gasteiger partial charge on any atom is 0.417 e. The molecule has 1 aromatic rings. The number of halogens is 4. The molecule has 0 amide bonds. The van der Waals surface area contributed by atoms with Crippen LogP contribution >= 0.6 is 11.6 Å². The maximum absolute atomic E-state index is 12.6. The van der Waals surface area contributed by atoms with Crippen LogP contribution in [-0.2, 0) is 15.7 Å². The van der Waals surface area contributed by atoms with E-state index in [9.17, 15) is 13.2 Å². The van der Waals surface area contributed by atoms with Gasteiger partial charge in [-0.05, 0) is 12.5 Å². The molecule has 4 nitrogen and oxygen atoms in total. The SMILES string of the molecule is COC[C@@H]1[C@H](Nc2ncc(C(F)(F)F)cc2Cl)[C@@H]2CCO[C@H]12. The maximum atomic E-state index is 12.6. The molecule has 1 aliphatic heterocycles. The molecule has 0 spiro atoms. The number of ether oxygens (including phenoxy) is 2. The summed E-state index contributed by atoms with van der Waals surface area (Å²) >= 11 is 5.94. The molecule has 1 aliphatic carbocycles. The molecule has 1 N–H and O–H groups in total. The summed E-state index contributed by atoms with van der Waals surface area (Å²) in [4.78, 5) is 3.83. The van der Waals surface area contributed by atoms with Gasteiger partial charge < -0.3 is 14.8 Å². The quantitative estimate of drug-likeness (QED) is 0.917. The Bertz CT molecular complexity index is 555. The largest absolute Gasteiger partial charge is 0.417 e. The molecular weight excluding hydrogens is 321 g/mol. The number of aromatic nitrogens is 1. The number of hydrogen-bond acceptors (Lipinski definition) is 4. The molecular formula is C14H16ClF3N2O2. The van der Waals surface area contributed by atoms with Crippen molar-refractivity contribution in [2.75, 3.05) is 25.6 Å². The number of pyridine rings is 1. The van der Waals surface area contributed by atoms with E-state index in [1.807, 2.05) is 0 Å². The lowest BCUT2D eigenvalue weighted by atomic mass is 9.67. The first kappa shape index (κ1) is 15.8. The second-order valence-corrected chi connectivity index (χ2v) is 6.04. The minimum absolute atomic E-state index is 0.0339. The minimum Gasteiger partial charge on any atom is -0.384 e. The van der Waals surface area contributed by atoms with Crippen LogP contribution in [0.5, 0.6) is 0 Å². The van der Waals surface area contributed by atoms with Crippen LogP contribution in [-0.4, -0.2) is 37.5 Å². The van der Waals surface area contributed by atoms with Gasteiger partial charge in [0, 0.05) is 37.8 Å². The van der Waals surface area contributed by atoms with Crippen molar-refractivity contribution in [3.8, 4) is 0 Å². The zero-order valence-electron chi connectivity index (χ0n) is 11.9. The second-order valence-electron chi connectivity index (χ2n) is 5.63. The summed E-state index contributed by atoms with van der Waals surface area (Å²) in [5, 5.41) is 3.13. The van der Waals surface area contributed by atoms with Crippen molar-refractivity contribution in [3.63, 3.8) is 0 Å². The Balaban J connectivity index is 1.75. The predicted octanol–water partition coefficient (Wildman–Crippen LogP) is 3.22. The molecule has 0 bridgehead atoms. The van der Waals surface area contributed by atoms with Gasteiger partial charge in [0.05, 0.1) is 23.3 Å². The first-order valence-corrected chi connectivity index (χ1v) is 7.39. The van der Waals surface area contributed by atoms with Crippen molar-refractivity contribution in [2.45, 2.75) is 24.7 Å². The van der Waals surface area contributed by atoms with Gasteiger partial charge in [0.25, 0.3) is 0 Å². The highest BCUT2D eigenvalue weighted by Crippen LogP contribution is 2.45. The Morgan fingerprint density at radius 1 is 1.50 bits per heavy atom. The van der Waals surface area contributed by atoms with Crippen molar-refractivity contribution < 1.29 is 22.6 Å². The van der Waals surface area contributed by atoms with Gasteiger partial charge in [-0.3, -0.25) is 0 Å². The van der Waals surface area contributed by atoms with Gasteiger partial charge in [0.2, 0.25) is 0 Å². The first-order valence-electron chi connectivity index (χ1n) is 7.01. The molecule has 0 unspecified atom stereocenters. The van der Waals surface area contributed by atoms with Crippen LogP contribution in [0.25, 0.3) is 0 Å². The number of hydrogen-bond donors (Lipinski definition) is 1. The monoisotopic (exact) mass is 336 g/mol. The molecule has 4 atom stereocenters. The summed E-state index contributed by atoms with van der Waals surface area (Å²) in [6.45, 7) is 1.22. The van der Waals surface area contributed by atoms with E-state index >= 15 is 0 Å². The van der Waals surface area contributed by atoms with E-state index < -0.39 is 11.7 Å². The highest BCUT2D eigenvalue weighted by molar-refractivity contribution is 6.33. The average Bonchev–Trinajstić information content (AvgIpc) is 2.86. The lowest BCUT2D eigenvalue weighted by Crippen LogP contribution is -2.58. The zero-order valence-corrected chi connectivity index (χ0v) is 12.6. The Labute approximate surface area is 131 Å². The molecule has 1 aromatic heterocycles. The molecule has 0 radical (unpaired) electrons. The molecule has 1 saturated heterocycles. The number of fused-ring (bicyclic) bond motifs is 1. The highest BCUT2D eigenvalue weighted by Gasteiger charge is 2.54. The van der Waals surface area contributed by atoms with Gasteiger partial charge in [-0.25, -0.2) is 4.98 Å². The minimum atomic E-state index is -4.45. The third-order valence-corrected chi connectivity index (χ3v) is 4.65. The molecule has 122 valence electrons. The zero-order chi connectivity index (χ0) is 15.9. The van der Waals surface area contributed by atoms with Gasteiger partial charge in [-0.15, -0.1) is 0 Å². The fraction of sp³-hybridized carbons (Fsp3) is 0.643. The number of methoxy groups -OCH3 is 1. The fourth-order valence-electron chi connectivity index (χ4n) is 3.29. The van der Waals surface area contributed by atoms with Crippen molar-refractivity contribution in [1.82, 2.24) is 4.98 Å². The highest BCUT2D eigenvalue weighted by atomic mass is 35.5. The van der Waals surface area contributed by atoms with Crippen molar-refractivity contribution >= 4 is 17.4 Å². The molecule has 2 aliphatic rings. The second kappa shape index (κ2) is 5.86. The van der Waals surface area contributed by atoms with E-state index in [0.29, 0.717) is 19.1 Å². The number of rotatable bonds is 4. The van der Waals surface area contributed by atoms with Gasteiger partial charge in [0.15, 0.2) is 0 Å². The van der Waals surface area contributed by atoms with Crippen LogP contribution in [0.2, 0.25) is 5.02 Å². The summed E-state index contributed by atoms with van der Waals surface area (Å²) < 4.78 is 48.7.